The summed E-state index contributed by atoms with van der Waals surface area (Å²) in [6, 6.07) is 5.47. The summed E-state index contributed by atoms with van der Waals surface area (Å²) in [6.07, 6.45) is 3.14. The number of thiophene rings is 1. The Morgan fingerprint density at radius 2 is 2.03 bits per heavy atom. The Labute approximate surface area is 194 Å². The van der Waals surface area contributed by atoms with Crippen molar-refractivity contribution in [2.75, 3.05) is 25.1 Å². The number of benzene rings is 1. The van der Waals surface area contributed by atoms with Crippen LogP contribution in [0.2, 0.25) is 0 Å². The van der Waals surface area contributed by atoms with Crippen molar-refractivity contribution < 1.29 is 18.4 Å². The number of hydrogen-bond donors (Lipinski definition) is 0. The summed E-state index contributed by atoms with van der Waals surface area (Å²) >= 11 is 1.50. The van der Waals surface area contributed by atoms with Gasteiger partial charge in [0.15, 0.2) is 17.4 Å². The van der Waals surface area contributed by atoms with E-state index in [1.165, 1.54) is 30.8 Å². The number of fused-ring (bicyclic) bond motifs is 1. The van der Waals surface area contributed by atoms with E-state index in [2.05, 4.69) is 25.0 Å². The van der Waals surface area contributed by atoms with Gasteiger partial charge >= 0.3 is 6.01 Å². The van der Waals surface area contributed by atoms with Gasteiger partial charge in [-0.2, -0.15) is 4.98 Å². The predicted octanol–water partition coefficient (Wildman–Crippen LogP) is 5.06. The molecule has 3 aromatic heterocycles. The molecule has 4 heterocycles. The normalized spacial score (nSPS) is 14.9. The van der Waals surface area contributed by atoms with Gasteiger partial charge < -0.3 is 18.9 Å². The van der Waals surface area contributed by atoms with Gasteiger partial charge in [-0.25, -0.2) is 14.4 Å². The average molecular weight is 470 g/mol. The third-order valence-corrected chi connectivity index (χ3v) is 6.68. The van der Waals surface area contributed by atoms with Crippen molar-refractivity contribution in [3.63, 3.8) is 0 Å². The highest BCUT2D eigenvalue weighted by atomic mass is 32.1. The van der Waals surface area contributed by atoms with Crippen LogP contribution in [-0.4, -0.2) is 46.4 Å². The summed E-state index contributed by atoms with van der Waals surface area (Å²) < 4.78 is 31.8. The van der Waals surface area contributed by atoms with Crippen LogP contribution in [0.3, 0.4) is 0 Å². The molecule has 0 N–H and O–H groups in total. The fourth-order valence-corrected chi connectivity index (χ4v) is 4.82. The highest BCUT2D eigenvalue weighted by molar-refractivity contribution is 7.18. The Hall–Kier alpha value is -3.27. The lowest BCUT2D eigenvalue weighted by Crippen LogP contribution is -2.38. The van der Waals surface area contributed by atoms with Crippen molar-refractivity contribution in [3.05, 3.63) is 41.5 Å². The van der Waals surface area contributed by atoms with Crippen LogP contribution in [-0.2, 0) is 0 Å². The number of rotatable bonds is 6. The van der Waals surface area contributed by atoms with Crippen LogP contribution in [0.5, 0.6) is 11.6 Å². The summed E-state index contributed by atoms with van der Waals surface area (Å²) in [5, 5.41) is 6.01. The molecule has 8 nitrogen and oxygen atoms in total. The third kappa shape index (κ3) is 4.22. The molecule has 1 saturated heterocycles. The molecule has 0 aliphatic carbocycles. The average Bonchev–Trinajstić information content (AvgIpc) is 3.48. The molecule has 172 valence electrons. The van der Waals surface area contributed by atoms with Crippen LogP contribution >= 0.6 is 11.3 Å². The number of ether oxygens (including phenoxy) is 2. The number of methoxy groups -OCH3 is 1. The van der Waals surface area contributed by atoms with Gasteiger partial charge in [0, 0.05) is 42.8 Å². The molecular weight excluding hydrogens is 445 g/mol. The van der Waals surface area contributed by atoms with Crippen molar-refractivity contribution in [3.8, 4) is 22.8 Å². The number of anilines is 1. The zero-order chi connectivity index (χ0) is 22.9. The fraction of sp³-hybridized carbons (Fsp3) is 0.391. The lowest BCUT2D eigenvalue weighted by molar-refractivity contribution is 0.164. The van der Waals surface area contributed by atoms with Crippen molar-refractivity contribution in [2.45, 2.75) is 38.7 Å². The summed E-state index contributed by atoms with van der Waals surface area (Å²) in [5.41, 5.74) is 2.33. The quantitative estimate of drug-likeness (QED) is 0.387. The summed E-state index contributed by atoms with van der Waals surface area (Å²) in [4.78, 5) is 15.4. The Kier molecular flexibility index (Phi) is 5.84. The minimum Gasteiger partial charge on any atom is -0.494 e. The topological polar surface area (TPSA) is 86.4 Å². The van der Waals surface area contributed by atoms with Crippen molar-refractivity contribution >= 4 is 27.6 Å². The van der Waals surface area contributed by atoms with E-state index < -0.39 is 5.82 Å². The van der Waals surface area contributed by atoms with Crippen molar-refractivity contribution in [1.29, 1.82) is 0 Å². The first kappa shape index (κ1) is 21.6. The molecule has 1 aliphatic heterocycles. The molecule has 4 aromatic rings. The highest BCUT2D eigenvalue weighted by Crippen LogP contribution is 2.38. The van der Waals surface area contributed by atoms with Gasteiger partial charge in [-0.3, -0.25) is 0 Å². The Morgan fingerprint density at radius 1 is 1.21 bits per heavy atom. The van der Waals surface area contributed by atoms with Crippen LogP contribution in [0.4, 0.5) is 10.4 Å². The lowest BCUT2D eigenvalue weighted by atomic mass is 10.1. The zero-order valence-corrected chi connectivity index (χ0v) is 19.4. The van der Waals surface area contributed by atoms with Gasteiger partial charge in [0.2, 0.25) is 5.88 Å². The maximum atomic E-state index is 14.2. The standard InChI is InChI=1S/C23H24FN5O3S/c1-13(2)21-27-23(32-28-21)29-8-6-15(7-9-29)31-22-20-19(25-12-26-22)16(11-33-20)14-4-5-18(30-3)17(24)10-14/h4-5,10-13,15H,6-9H2,1-3H3. The monoisotopic (exact) mass is 469 g/mol. The van der Waals surface area contributed by atoms with E-state index in [1.54, 1.807) is 6.07 Å². The Bertz CT molecular complexity index is 1270. The largest absolute Gasteiger partial charge is 0.494 e. The molecule has 1 aliphatic rings. The summed E-state index contributed by atoms with van der Waals surface area (Å²) in [5.74, 6) is 1.31. The Balaban J connectivity index is 1.31. The van der Waals surface area contributed by atoms with Crippen LogP contribution in [0.25, 0.3) is 21.3 Å². The van der Waals surface area contributed by atoms with Crippen molar-refractivity contribution in [1.82, 2.24) is 20.1 Å². The second-order valence-electron chi connectivity index (χ2n) is 8.25. The second-order valence-corrected chi connectivity index (χ2v) is 9.13. The molecule has 1 aromatic carbocycles. The van der Waals surface area contributed by atoms with E-state index in [4.69, 9.17) is 14.0 Å². The summed E-state index contributed by atoms with van der Waals surface area (Å²) in [6.45, 7) is 5.61. The molecule has 0 spiro atoms. The number of piperidine rings is 1. The number of halogens is 1. The molecule has 0 amide bonds. The summed E-state index contributed by atoms with van der Waals surface area (Å²) in [7, 11) is 1.45. The molecular formula is C23H24FN5O3S. The van der Waals surface area contributed by atoms with E-state index in [1.807, 2.05) is 25.3 Å². The van der Waals surface area contributed by atoms with Gasteiger partial charge in [0.1, 0.15) is 17.1 Å². The minimum atomic E-state index is -0.409. The molecule has 1 fully saturated rings. The van der Waals surface area contributed by atoms with Gasteiger partial charge in [0.05, 0.1) is 12.6 Å². The SMILES string of the molecule is COc1ccc(-c2csc3c(OC4CCN(c5nc(C(C)C)no5)CC4)ncnc23)cc1F. The minimum absolute atomic E-state index is 0.0239. The first-order chi connectivity index (χ1) is 16.0. The smallest absolute Gasteiger partial charge is 0.324 e. The number of hydrogen-bond acceptors (Lipinski definition) is 9. The van der Waals surface area contributed by atoms with Crippen LogP contribution < -0.4 is 14.4 Å². The van der Waals surface area contributed by atoms with E-state index in [0.717, 1.165) is 53.1 Å². The molecule has 0 atom stereocenters. The molecule has 0 bridgehead atoms. The van der Waals surface area contributed by atoms with Crippen LogP contribution in [0.1, 0.15) is 38.4 Å². The molecule has 33 heavy (non-hydrogen) atoms. The number of aromatic nitrogens is 4. The molecule has 0 unspecified atom stereocenters. The molecule has 0 radical (unpaired) electrons. The number of nitrogens with zero attached hydrogens (tertiary/aromatic N) is 5. The molecule has 0 saturated carbocycles. The third-order valence-electron chi connectivity index (χ3n) is 5.72. The van der Waals surface area contributed by atoms with E-state index in [0.29, 0.717) is 11.9 Å². The first-order valence-electron chi connectivity index (χ1n) is 10.8. The predicted molar refractivity (Wildman–Crippen MR) is 124 cm³/mol. The molecule has 5 rings (SSSR count). The zero-order valence-electron chi connectivity index (χ0n) is 18.6. The maximum absolute atomic E-state index is 14.2. The Morgan fingerprint density at radius 3 is 2.73 bits per heavy atom. The van der Waals surface area contributed by atoms with Gasteiger partial charge in [-0.15, -0.1) is 11.3 Å². The van der Waals surface area contributed by atoms with E-state index in [9.17, 15) is 4.39 Å². The van der Waals surface area contributed by atoms with Crippen LogP contribution in [0.15, 0.2) is 34.4 Å². The lowest BCUT2D eigenvalue weighted by Gasteiger charge is -2.30. The van der Waals surface area contributed by atoms with E-state index in [-0.39, 0.29) is 17.8 Å². The van der Waals surface area contributed by atoms with Crippen LogP contribution in [0, 0.1) is 5.82 Å². The van der Waals surface area contributed by atoms with Crippen molar-refractivity contribution in [2.24, 2.45) is 0 Å². The van der Waals surface area contributed by atoms with Gasteiger partial charge in [-0.05, 0) is 17.7 Å². The second kappa shape index (κ2) is 8.93. The fourth-order valence-electron chi connectivity index (χ4n) is 3.86. The van der Waals surface area contributed by atoms with E-state index >= 15 is 0 Å². The first-order valence-corrected chi connectivity index (χ1v) is 11.7. The van der Waals surface area contributed by atoms with Gasteiger partial charge in [0.25, 0.3) is 0 Å². The highest BCUT2D eigenvalue weighted by Gasteiger charge is 2.26. The maximum Gasteiger partial charge on any atom is 0.324 e. The van der Waals surface area contributed by atoms with Gasteiger partial charge in [-0.1, -0.05) is 25.1 Å². The molecule has 10 heteroatoms.